The fourth-order valence-corrected chi connectivity index (χ4v) is 1.15. The van der Waals surface area contributed by atoms with Crippen molar-refractivity contribution < 1.29 is 0 Å². The highest BCUT2D eigenvalue weighted by Gasteiger charge is 1.93. The molecule has 2 aromatic rings. The van der Waals surface area contributed by atoms with Gasteiger partial charge in [-0.15, -0.1) is 48.0 Å². The molecule has 1 heterocycles. The summed E-state index contributed by atoms with van der Waals surface area (Å²) in [7, 11) is 0. The number of nitrogen functional groups attached to an aromatic ring is 1. The number of anilines is 1. The molecule has 13 heavy (non-hydrogen) atoms. The van der Waals surface area contributed by atoms with Gasteiger partial charge in [-0.3, -0.25) is 4.98 Å². The maximum absolute atomic E-state index is 5.73. The summed E-state index contributed by atoms with van der Waals surface area (Å²) in [6.07, 6.45) is 3.56. The molecule has 0 aliphatic rings. The Morgan fingerprint density at radius 1 is 1.08 bits per heavy atom. The van der Waals surface area contributed by atoms with Gasteiger partial charge in [-0.2, -0.15) is 0 Å². The molecule has 0 saturated heterocycles. The average molecular weight is 400 g/mol. The van der Waals surface area contributed by atoms with E-state index in [0.717, 1.165) is 16.5 Å². The normalized spacial score (nSPS) is 8.62. The van der Waals surface area contributed by atoms with Gasteiger partial charge in [0.2, 0.25) is 0 Å². The van der Waals surface area contributed by atoms with Crippen LogP contribution in [0.3, 0.4) is 0 Å². The fourth-order valence-electron chi connectivity index (χ4n) is 1.15. The van der Waals surface area contributed by atoms with Gasteiger partial charge in [0.05, 0.1) is 0 Å². The van der Waals surface area contributed by atoms with E-state index in [9.17, 15) is 0 Å². The Kier molecular flexibility index (Phi) is 5.54. The monoisotopic (exact) mass is 400 g/mol. The highest BCUT2D eigenvalue weighted by molar-refractivity contribution is 14.0. The summed E-state index contributed by atoms with van der Waals surface area (Å²) in [4.78, 5) is 4.00. The number of hydrogen-bond acceptors (Lipinski definition) is 2. The molecule has 0 aliphatic heterocycles. The first-order valence-electron chi connectivity index (χ1n) is 3.46. The van der Waals surface area contributed by atoms with Crippen molar-refractivity contribution in [1.82, 2.24) is 4.98 Å². The van der Waals surface area contributed by atoms with Gasteiger partial charge in [-0.25, -0.2) is 0 Å². The van der Waals surface area contributed by atoms with Crippen LogP contribution in [0.1, 0.15) is 0 Å². The minimum absolute atomic E-state index is 0. The largest absolute Gasteiger partial charge is 0.398 e. The van der Waals surface area contributed by atoms with E-state index in [4.69, 9.17) is 5.73 Å². The first-order valence-corrected chi connectivity index (χ1v) is 3.46. The third-order valence-electron chi connectivity index (χ3n) is 1.71. The molecule has 1 aromatic carbocycles. The molecule has 0 aliphatic carbocycles. The van der Waals surface area contributed by atoms with E-state index >= 15 is 0 Å². The topological polar surface area (TPSA) is 38.9 Å². The first-order chi connectivity index (χ1) is 5.38. The van der Waals surface area contributed by atoms with Crippen LogP contribution in [0.4, 0.5) is 5.69 Å². The lowest BCUT2D eigenvalue weighted by Crippen LogP contribution is -1.85. The summed E-state index contributed by atoms with van der Waals surface area (Å²) in [6, 6.07) is 7.74. The Morgan fingerprint density at radius 2 is 1.85 bits per heavy atom. The molecule has 0 amide bonds. The third kappa shape index (κ3) is 2.67. The van der Waals surface area contributed by atoms with Crippen LogP contribution in [0.2, 0.25) is 0 Å². The molecular weight excluding hydrogens is 390 g/mol. The van der Waals surface area contributed by atoms with Crippen molar-refractivity contribution in [3.63, 3.8) is 0 Å². The number of fused-ring (bicyclic) bond motifs is 1. The highest BCUT2D eigenvalue weighted by Crippen LogP contribution is 2.18. The lowest BCUT2D eigenvalue weighted by molar-refractivity contribution is 1.36. The summed E-state index contributed by atoms with van der Waals surface area (Å²) in [5.41, 5.74) is 6.54. The molecule has 0 radical (unpaired) electrons. The molecule has 2 nitrogen and oxygen atoms in total. The van der Waals surface area contributed by atoms with Crippen LogP contribution in [0, 0.1) is 0 Å². The standard InChI is InChI=1S/C9H8N2.2HI/c10-9-3-1-2-7-6-11-5-4-8(7)9;;/h1-6H,10H2;2*1H. The van der Waals surface area contributed by atoms with Crippen LogP contribution in [-0.2, 0) is 0 Å². The minimum Gasteiger partial charge on any atom is -0.398 e. The first kappa shape index (κ1) is 12.9. The van der Waals surface area contributed by atoms with Gasteiger partial charge >= 0.3 is 0 Å². The second-order valence-electron chi connectivity index (χ2n) is 2.44. The molecule has 70 valence electrons. The Hall–Kier alpha value is -0.110. The maximum atomic E-state index is 5.73. The smallest absolute Gasteiger partial charge is 0.0394 e. The summed E-state index contributed by atoms with van der Waals surface area (Å²) < 4.78 is 0. The molecular formula is C9H10I2N2. The van der Waals surface area contributed by atoms with Crippen molar-refractivity contribution in [1.29, 1.82) is 0 Å². The van der Waals surface area contributed by atoms with Gasteiger partial charge in [0, 0.05) is 28.9 Å². The van der Waals surface area contributed by atoms with Crippen LogP contribution in [-0.4, -0.2) is 4.98 Å². The third-order valence-corrected chi connectivity index (χ3v) is 1.71. The fraction of sp³-hybridized carbons (Fsp3) is 0. The predicted octanol–water partition coefficient (Wildman–Crippen LogP) is 3.05. The zero-order valence-corrected chi connectivity index (χ0v) is 11.5. The van der Waals surface area contributed by atoms with Crippen LogP contribution in [0.15, 0.2) is 36.7 Å². The van der Waals surface area contributed by atoms with E-state index < -0.39 is 0 Å². The summed E-state index contributed by atoms with van der Waals surface area (Å²) in [5, 5.41) is 2.16. The zero-order valence-electron chi connectivity index (χ0n) is 6.81. The summed E-state index contributed by atoms with van der Waals surface area (Å²) in [5.74, 6) is 0. The van der Waals surface area contributed by atoms with Crippen molar-refractivity contribution in [2.24, 2.45) is 0 Å². The molecule has 0 spiro atoms. The molecule has 0 atom stereocenters. The number of benzene rings is 1. The second-order valence-corrected chi connectivity index (χ2v) is 2.44. The molecule has 0 fully saturated rings. The lowest BCUT2D eigenvalue weighted by Gasteiger charge is -1.98. The lowest BCUT2D eigenvalue weighted by atomic mass is 10.1. The van der Waals surface area contributed by atoms with Crippen LogP contribution in [0.5, 0.6) is 0 Å². The molecule has 1 aromatic heterocycles. The number of hydrogen-bond donors (Lipinski definition) is 1. The van der Waals surface area contributed by atoms with Crippen LogP contribution >= 0.6 is 48.0 Å². The van der Waals surface area contributed by atoms with Gasteiger partial charge in [-0.1, -0.05) is 12.1 Å². The van der Waals surface area contributed by atoms with Crippen molar-refractivity contribution in [3.8, 4) is 0 Å². The van der Waals surface area contributed by atoms with Gasteiger partial charge in [0.25, 0.3) is 0 Å². The van der Waals surface area contributed by atoms with Crippen molar-refractivity contribution >= 4 is 64.4 Å². The molecule has 0 bridgehead atoms. The number of halogens is 2. The second kappa shape index (κ2) is 5.58. The van der Waals surface area contributed by atoms with Crippen molar-refractivity contribution in [2.45, 2.75) is 0 Å². The average Bonchev–Trinajstić information content (AvgIpc) is 2.06. The zero-order chi connectivity index (χ0) is 7.68. The van der Waals surface area contributed by atoms with E-state index in [-0.39, 0.29) is 48.0 Å². The van der Waals surface area contributed by atoms with E-state index in [2.05, 4.69) is 4.98 Å². The molecule has 0 saturated carbocycles. The van der Waals surface area contributed by atoms with E-state index in [0.29, 0.717) is 0 Å². The number of nitrogens with two attached hydrogens (primary N) is 1. The highest BCUT2D eigenvalue weighted by atomic mass is 127. The van der Waals surface area contributed by atoms with Gasteiger partial charge in [0.1, 0.15) is 0 Å². The molecule has 2 N–H and O–H groups in total. The Morgan fingerprint density at radius 3 is 2.54 bits per heavy atom. The molecule has 0 unspecified atom stereocenters. The Balaban J connectivity index is 0.000000720. The minimum atomic E-state index is 0. The SMILES string of the molecule is I.I.Nc1cccc2cnccc12. The van der Waals surface area contributed by atoms with E-state index in [1.165, 1.54) is 0 Å². The van der Waals surface area contributed by atoms with Crippen LogP contribution < -0.4 is 5.73 Å². The van der Waals surface area contributed by atoms with Crippen LogP contribution in [0.25, 0.3) is 10.8 Å². The number of rotatable bonds is 0. The quantitative estimate of drug-likeness (QED) is 0.546. The van der Waals surface area contributed by atoms with Crippen molar-refractivity contribution in [2.75, 3.05) is 5.73 Å². The Labute approximate surface area is 111 Å². The van der Waals surface area contributed by atoms with E-state index in [1.807, 2.05) is 30.5 Å². The number of pyridine rings is 1. The van der Waals surface area contributed by atoms with Gasteiger partial charge in [-0.05, 0) is 12.1 Å². The van der Waals surface area contributed by atoms with E-state index in [1.54, 1.807) is 6.20 Å². The number of aromatic nitrogens is 1. The predicted molar refractivity (Wildman–Crippen MR) is 77.0 cm³/mol. The summed E-state index contributed by atoms with van der Waals surface area (Å²) >= 11 is 0. The number of nitrogens with zero attached hydrogens (tertiary/aromatic N) is 1. The Bertz CT molecular complexity index is 385. The molecule has 2 rings (SSSR count). The summed E-state index contributed by atoms with van der Waals surface area (Å²) in [6.45, 7) is 0. The van der Waals surface area contributed by atoms with Crippen molar-refractivity contribution in [3.05, 3.63) is 36.7 Å². The molecule has 4 heteroatoms. The van der Waals surface area contributed by atoms with Gasteiger partial charge < -0.3 is 5.73 Å². The van der Waals surface area contributed by atoms with Gasteiger partial charge in [0.15, 0.2) is 0 Å². The maximum Gasteiger partial charge on any atom is 0.0394 e.